The van der Waals surface area contributed by atoms with E-state index >= 15 is 0 Å². The van der Waals surface area contributed by atoms with Crippen molar-refractivity contribution in [1.29, 1.82) is 0 Å². The maximum absolute atomic E-state index is 10.9. The van der Waals surface area contributed by atoms with Gasteiger partial charge in [-0.3, -0.25) is 0 Å². The number of halogens is 2. The second-order valence-electron chi connectivity index (χ2n) is 3.24. The van der Waals surface area contributed by atoms with Gasteiger partial charge in [-0.05, 0) is 31.9 Å². The monoisotopic (exact) mass is 418 g/mol. The lowest BCUT2D eigenvalue weighted by Gasteiger charge is -1.97. The average Bonchev–Trinajstić information content (AvgIpc) is 2.48. The Kier molecular flexibility index (Phi) is 6.82. The van der Waals surface area contributed by atoms with Gasteiger partial charge in [0.25, 0.3) is 0 Å². The molecule has 21 heavy (non-hydrogen) atoms. The van der Waals surface area contributed by atoms with Gasteiger partial charge >= 0.3 is 11.9 Å². The van der Waals surface area contributed by atoms with Gasteiger partial charge in [-0.1, -0.05) is 0 Å². The smallest absolute Gasteiger partial charge is 0.357 e. The highest BCUT2D eigenvalue weighted by atomic mass is 79.9. The van der Waals surface area contributed by atoms with Gasteiger partial charge < -0.3 is 9.84 Å². The second kappa shape index (κ2) is 8.37. The van der Waals surface area contributed by atoms with E-state index in [4.69, 9.17) is 5.11 Å². The van der Waals surface area contributed by atoms with Crippen molar-refractivity contribution in [2.45, 2.75) is 0 Å². The van der Waals surface area contributed by atoms with Gasteiger partial charge in [-0.25, -0.2) is 29.5 Å². The zero-order valence-corrected chi connectivity index (χ0v) is 13.7. The number of carbonyl (C=O) groups excluding carboxylic acids is 1. The molecule has 0 aliphatic carbocycles. The molecule has 0 unspecified atom stereocenters. The summed E-state index contributed by atoms with van der Waals surface area (Å²) in [5.41, 5.74) is 0.220. The van der Waals surface area contributed by atoms with Crippen LogP contribution in [-0.4, -0.2) is 44.1 Å². The molecule has 10 heteroatoms. The minimum Gasteiger partial charge on any atom is -0.476 e. The van der Waals surface area contributed by atoms with Gasteiger partial charge in [0, 0.05) is 12.4 Å². The van der Waals surface area contributed by atoms with Crippen LogP contribution in [0.4, 0.5) is 0 Å². The Labute approximate surface area is 135 Å². The van der Waals surface area contributed by atoms with Crippen molar-refractivity contribution in [2.24, 2.45) is 0 Å². The van der Waals surface area contributed by atoms with Crippen LogP contribution in [0.15, 0.2) is 34.0 Å². The number of carboxylic acids is 1. The first-order valence-electron chi connectivity index (χ1n) is 5.20. The minimum atomic E-state index is -1.06. The van der Waals surface area contributed by atoms with E-state index in [1.165, 1.54) is 32.2 Å². The summed E-state index contributed by atoms with van der Waals surface area (Å²) in [6.45, 7) is 0. The number of rotatable bonds is 2. The molecule has 0 saturated carbocycles. The van der Waals surface area contributed by atoms with E-state index in [9.17, 15) is 9.59 Å². The Morgan fingerprint density at radius 1 is 1.05 bits per heavy atom. The van der Waals surface area contributed by atoms with E-state index in [2.05, 4.69) is 56.5 Å². The van der Waals surface area contributed by atoms with Gasteiger partial charge in [0.2, 0.25) is 0 Å². The molecule has 0 spiro atoms. The number of carboxylic acid groups (broad SMARTS) is 1. The van der Waals surface area contributed by atoms with Crippen molar-refractivity contribution in [3.8, 4) is 0 Å². The Bertz CT molecular complexity index is 654. The number of ether oxygens (including phenoxy) is 1. The van der Waals surface area contributed by atoms with E-state index in [-0.39, 0.29) is 11.4 Å². The van der Waals surface area contributed by atoms with Crippen LogP contribution >= 0.6 is 31.9 Å². The molecule has 1 N–H and O–H groups in total. The van der Waals surface area contributed by atoms with Crippen LogP contribution < -0.4 is 0 Å². The molecule has 0 amide bonds. The molecule has 0 aliphatic heterocycles. The van der Waals surface area contributed by atoms with Crippen LogP contribution in [-0.2, 0) is 4.74 Å². The number of aromatic carboxylic acids is 1. The Balaban J connectivity index is 0.000000211. The molecular weight excluding hydrogens is 412 g/mol. The van der Waals surface area contributed by atoms with Gasteiger partial charge in [0.1, 0.15) is 12.7 Å². The van der Waals surface area contributed by atoms with Crippen LogP contribution in [0.3, 0.4) is 0 Å². The molecule has 2 heterocycles. The lowest BCUT2D eigenvalue weighted by molar-refractivity contribution is 0.0591. The summed E-state index contributed by atoms with van der Waals surface area (Å²) in [4.78, 5) is 35.7. The number of hydrogen-bond donors (Lipinski definition) is 1. The maximum Gasteiger partial charge on any atom is 0.357 e. The molecule has 0 aliphatic rings. The largest absolute Gasteiger partial charge is 0.476 e. The number of hydrogen-bond acceptors (Lipinski definition) is 7. The van der Waals surface area contributed by atoms with E-state index in [1.54, 1.807) is 0 Å². The van der Waals surface area contributed by atoms with Crippen molar-refractivity contribution < 1.29 is 19.4 Å². The van der Waals surface area contributed by atoms with E-state index in [0.717, 1.165) is 0 Å². The highest BCUT2D eigenvalue weighted by Gasteiger charge is 2.10. The summed E-state index contributed by atoms with van der Waals surface area (Å²) < 4.78 is 5.38. The topological polar surface area (TPSA) is 115 Å². The van der Waals surface area contributed by atoms with Gasteiger partial charge in [-0.15, -0.1) is 0 Å². The fraction of sp³-hybridized carbons (Fsp3) is 0.0909. The predicted octanol–water partition coefficient (Wildman–Crippen LogP) is 1.96. The van der Waals surface area contributed by atoms with Crippen molar-refractivity contribution in [2.75, 3.05) is 7.11 Å². The summed E-state index contributed by atoms with van der Waals surface area (Å²) in [5.74, 6) is -1.53. The first-order valence-corrected chi connectivity index (χ1v) is 6.78. The SMILES string of the molecule is COC(=O)c1ncncc1Br.O=C(O)c1ncncc1Br. The van der Waals surface area contributed by atoms with Crippen LogP contribution in [0, 0.1) is 0 Å². The third kappa shape index (κ3) is 5.16. The summed E-state index contributed by atoms with van der Waals surface area (Å²) in [6.07, 6.45) is 5.35. The summed E-state index contributed by atoms with van der Waals surface area (Å²) >= 11 is 6.10. The molecular formula is C11H8Br2N4O4. The summed E-state index contributed by atoms with van der Waals surface area (Å²) in [5, 5.41) is 8.45. The lowest BCUT2D eigenvalue weighted by atomic mass is 10.4. The van der Waals surface area contributed by atoms with Crippen molar-refractivity contribution in [3.05, 3.63) is 45.4 Å². The summed E-state index contributed by atoms with van der Waals surface area (Å²) in [7, 11) is 1.30. The molecule has 0 saturated heterocycles. The van der Waals surface area contributed by atoms with Crippen LogP contribution in [0.25, 0.3) is 0 Å². The average molecular weight is 420 g/mol. The molecule has 0 aromatic carbocycles. The molecule has 0 radical (unpaired) electrons. The van der Waals surface area contributed by atoms with Crippen LogP contribution in [0.1, 0.15) is 21.0 Å². The molecule has 0 bridgehead atoms. The molecule has 0 atom stereocenters. The molecule has 2 rings (SSSR count). The number of aromatic nitrogens is 4. The molecule has 110 valence electrons. The Morgan fingerprint density at radius 3 is 1.86 bits per heavy atom. The zero-order valence-electron chi connectivity index (χ0n) is 10.5. The van der Waals surface area contributed by atoms with Crippen molar-refractivity contribution >= 4 is 43.8 Å². The third-order valence-electron chi connectivity index (χ3n) is 1.92. The predicted molar refractivity (Wildman–Crippen MR) is 77.8 cm³/mol. The van der Waals surface area contributed by atoms with Gasteiger partial charge in [0.05, 0.1) is 16.1 Å². The molecule has 2 aromatic heterocycles. The van der Waals surface area contributed by atoms with Crippen LogP contribution in [0.5, 0.6) is 0 Å². The quantitative estimate of drug-likeness (QED) is 0.734. The third-order valence-corrected chi connectivity index (χ3v) is 3.08. The molecule has 8 nitrogen and oxygen atoms in total. The van der Waals surface area contributed by atoms with E-state index in [1.807, 2.05) is 0 Å². The van der Waals surface area contributed by atoms with Crippen molar-refractivity contribution in [1.82, 2.24) is 19.9 Å². The summed E-state index contributed by atoms with van der Waals surface area (Å²) in [6, 6.07) is 0. The van der Waals surface area contributed by atoms with Gasteiger partial charge in [-0.2, -0.15) is 0 Å². The molecule has 2 aromatic rings. The van der Waals surface area contributed by atoms with Crippen LogP contribution in [0.2, 0.25) is 0 Å². The first-order chi connectivity index (χ1) is 9.97. The highest BCUT2D eigenvalue weighted by molar-refractivity contribution is 9.10. The second-order valence-corrected chi connectivity index (χ2v) is 4.94. The Hall–Kier alpha value is -1.94. The number of esters is 1. The standard InChI is InChI=1S/C6H5BrN2O2.C5H3BrN2O2/c1-11-6(10)5-4(7)2-8-3-9-5;6-3-1-7-2-8-4(3)5(9)10/h2-3H,1H3;1-2H,(H,9,10). The number of carbonyl (C=O) groups is 2. The lowest BCUT2D eigenvalue weighted by Crippen LogP contribution is -2.05. The fourth-order valence-electron chi connectivity index (χ4n) is 1.03. The van der Waals surface area contributed by atoms with E-state index < -0.39 is 11.9 Å². The zero-order chi connectivity index (χ0) is 15.8. The van der Waals surface area contributed by atoms with Gasteiger partial charge in [0.15, 0.2) is 11.4 Å². The van der Waals surface area contributed by atoms with E-state index in [0.29, 0.717) is 8.95 Å². The molecule has 0 fully saturated rings. The minimum absolute atomic E-state index is 0.0185. The fourth-order valence-corrected chi connectivity index (χ4v) is 1.80. The van der Waals surface area contributed by atoms with Crippen molar-refractivity contribution in [3.63, 3.8) is 0 Å². The highest BCUT2D eigenvalue weighted by Crippen LogP contribution is 2.12. The maximum atomic E-state index is 10.9. The Morgan fingerprint density at radius 2 is 1.52 bits per heavy atom. The number of methoxy groups -OCH3 is 1. The first kappa shape index (κ1) is 17.1. The normalized spacial score (nSPS) is 9.29. The number of nitrogens with zero attached hydrogens (tertiary/aromatic N) is 4.